The van der Waals surface area contributed by atoms with Crippen LogP contribution >= 0.6 is 0 Å². The molecule has 6 nitrogen and oxygen atoms in total. The molecule has 0 aliphatic carbocycles. The summed E-state index contributed by atoms with van der Waals surface area (Å²) in [5.74, 6) is 0.161. The van der Waals surface area contributed by atoms with Gasteiger partial charge < -0.3 is 14.8 Å². The van der Waals surface area contributed by atoms with Gasteiger partial charge in [-0.3, -0.25) is 14.4 Å². The highest BCUT2D eigenvalue weighted by atomic mass is 16.2. The number of hydrogen-bond donors (Lipinski definition) is 1. The Hall–Kier alpha value is -2.63. The standard InChI is InChI=1S/C18H19N3O3/c1-20-7-6-11-9-21(10-15(11)17(20)23)18(24)14-8-19-16(22)13-5-3-2-4-12(13)14/h2-5,8,11,15H,6-7,9-10H2,1H3,(H,19,22)/t11-,15+/m1/s1. The maximum Gasteiger partial charge on any atom is 0.256 e. The smallest absolute Gasteiger partial charge is 0.256 e. The second-order valence-electron chi connectivity index (χ2n) is 6.70. The fraction of sp³-hybridized carbons (Fsp3) is 0.389. The van der Waals surface area contributed by atoms with Gasteiger partial charge in [-0.05, 0) is 18.4 Å². The van der Waals surface area contributed by atoms with Crippen LogP contribution in [-0.2, 0) is 4.79 Å². The molecule has 2 saturated heterocycles. The van der Waals surface area contributed by atoms with Crippen LogP contribution in [0.4, 0.5) is 0 Å². The number of rotatable bonds is 1. The summed E-state index contributed by atoms with van der Waals surface area (Å²) in [5.41, 5.74) is 0.290. The van der Waals surface area contributed by atoms with Gasteiger partial charge in [-0.1, -0.05) is 18.2 Å². The van der Waals surface area contributed by atoms with E-state index in [1.54, 1.807) is 28.0 Å². The molecule has 3 heterocycles. The number of hydrogen-bond acceptors (Lipinski definition) is 3. The third-order valence-electron chi connectivity index (χ3n) is 5.30. The summed E-state index contributed by atoms with van der Waals surface area (Å²) >= 11 is 0. The van der Waals surface area contributed by atoms with Gasteiger partial charge in [0.25, 0.3) is 11.5 Å². The third kappa shape index (κ3) is 2.21. The van der Waals surface area contributed by atoms with Crippen LogP contribution in [-0.4, -0.2) is 53.3 Å². The Morgan fingerprint density at radius 1 is 1.17 bits per heavy atom. The molecule has 2 aliphatic heterocycles. The molecule has 1 aromatic heterocycles. The SMILES string of the molecule is CN1CC[C@@H]2CN(C(=O)c3c[nH]c(=O)c4ccccc34)C[C@@H]2C1=O. The van der Waals surface area contributed by atoms with Crippen LogP contribution in [0.5, 0.6) is 0 Å². The summed E-state index contributed by atoms with van der Waals surface area (Å²) in [7, 11) is 1.82. The molecular formula is C18H19N3O3. The minimum atomic E-state index is -0.200. The summed E-state index contributed by atoms with van der Waals surface area (Å²) in [6.45, 7) is 1.82. The molecule has 124 valence electrons. The van der Waals surface area contributed by atoms with E-state index in [9.17, 15) is 14.4 Å². The number of aromatic amines is 1. The van der Waals surface area contributed by atoms with Crippen molar-refractivity contribution in [3.63, 3.8) is 0 Å². The van der Waals surface area contributed by atoms with Crippen LogP contribution in [0.25, 0.3) is 10.8 Å². The van der Waals surface area contributed by atoms with Gasteiger partial charge in [0.1, 0.15) is 0 Å². The summed E-state index contributed by atoms with van der Waals surface area (Å²) in [5, 5.41) is 1.17. The molecular weight excluding hydrogens is 306 g/mol. The number of carbonyl (C=O) groups is 2. The molecule has 1 N–H and O–H groups in total. The first-order valence-electron chi connectivity index (χ1n) is 8.21. The van der Waals surface area contributed by atoms with Crippen molar-refractivity contribution in [3.05, 3.63) is 46.4 Å². The lowest BCUT2D eigenvalue weighted by molar-refractivity contribution is -0.137. The third-order valence-corrected chi connectivity index (χ3v) is 5.30. The summed E-state index contributed by atoms with van der Waals surface area (Å²) in [4.78, 5) is 43.4. The lowest BCUT2D eigenvalue weighted by Gasteiger charge is -2.30. The van der Waals surface area contributed by atoms with Gasteiger partial charge in [-0.25, -0.2) is 0 Å². The fourth-order valence-corrected chi connectivity index (χ4v) is 3.92. The van der Waals surface area contributed by atoms with Crippen LogP contribution in [0, 0.1) is 11.8 Å². The van der Waals surface area contributed by atoms with Crippen molar-refractivity contribution in [1.82, 2.24) is 14.8 Å². The van der Waals surface area contributed by atoms with Crippen molar-refractivity contribution in [2.75, 3.05) is 26.7 Å². The number of fused-ring (bicyclic) bond motifs is 2. The zero-order chi connectivity index (χ0) is 16.8. The summed E-state index contributed by atoms with van der Waals surface area (Å²) in [6, 6.07) is 7.11. The normalized spacial score (nSPS) is 23.6. The van der Waals surface area contributed by atoms with Gasteiger partial charge in [0.05, 0.1) is 11.5 Å². The van der Waals surface area contributed by atoms with Crippen molar-refractivity contribution in [3.8, 4) is 0 Å². The van der Waals surface area contributed by atoms with E-state index < -0.39 is 0 Å². The number of pyridine rings is 1. The predicted molar refractivity (Wildman–Crippen MR) is 89.7 cm³/mol. The molecule has 2 aliphatic rings. The van der Waals surface area contributed by atoms with Gasteiger partial charge in [-0.2, -0.15) is 0 Å². The zero-order valence-electron chi connectivity index (χ0n) is 13.5. The lowest BCUT2D eigenvalue weighted by Crippen LogP contribution is -2.42. The Morgan fingerprint density at radius 3 is 2.71 bits per heavy atom. The molecule has 24 heavy (non-hydrogen) atoms. The van der Waals surface area contributed by atoms with Crippen LogP contribution in [0.15, 0.2) is 35.3 Å². The second kappa shape index (κ2) is 5.47. The Bertz CT molecular complexity index is 888. The Morgan fingerprint density at radius 2 is 1.92 bits per heavy atom. The Labute approximate surface area is 139 Å². The summed E-state index contributed by atoms with van der Waals surface area (Å²) in [6.07, 6.45) is 2.42. The van der Waals surface area contributed by atoms with E-state index >= 15 is 0 Å². The quantitative estimate of drug-likeness (QED) is 0.852. The minimum Gasteiger partial charge on any atom is -0.345 e. The second-order valence-corrected chi connectivity index (χ2v) is 6.70. The first-order chi connectivity index (χ1) is 11.6. The maximum absolute atomic E-state index is 13.0. The number of nitrogens with one attached hydrogen (secondary N) is 1. The van der Waals surface area contributed by atoms with E-state index in [0.717, 1.165) is 13.0 Å². The van der Waals surface area contributed by atoms with Gasteiger partial charge >= 0.3 is 0 Å². The zero-order valence-corrected chi connectivity index (χ0v) is 13.5. The van der Waals surface area contributed by atoms with Gasteiger partial charge in [0.2, 0.25) is 5.91 Å². The molecule has 0 unspecified atom stereocenters. The van der Waals surface area contributed by atoms with Crippen LogP contribution < -0.4 is 5.56 Å². The molecule has 2 amide bonds. The average Bonchev–Trinajstić information content (AvgIpc) is 3.03. The lowest BCUT2D eigenvalue weighted by atomic mass is 9.88. The molecule has 0 saturated carbocycles. The molecule has 1 aromatic carbocycles. The number of benzene rings is 1. The minimum absolute atomic E-state index is 0.0956. The number of carbonyl (C=O) groups excluding carboxylic acids is 2. The first kappa shape index (κ1) is 14.9. The van der Waals surface area contributed by atoms with Crippen LogP contribution in [0.2, 0.25) is 0 Å². The monoisotopic (exact) mass is 325 g/mol. The van der Waals surface area contributed by atoms with Gasteiger partial charge in [0, 0.05) is 43.7 Å². The molecule has 2 aromatic rings. The van der Waals surface area contributed by atoms with Gasteiger partial charge in [-0.15, -0.1) is 0 Å². The average molecular weight is 325 g/mol. The number of H-pyrrole nitrogens is 1. The predicted octanol–water partition coefficient (Wildman–Crippen LogP) is 1.08. The van der Waals surface area contributed by atoms with E-state index in [4.69, 9.17) is 0 Å². The highest BCUT2D eigenvalue weighted by molar-refractivity contribution is 6.06. The molecule has 2 fully saturated rings. The van der Waals surface area contributed by atoms with Crippen molar-refractivity contribution in [1.29, 1.82) is 0 Å². The van der Waals surface area contributed by atoms with Crippen molar-refractivity contribution in [2.24, 2.45) is 11.8 Å². The van der Waals surface area contributed by atoms with Crippen molar-refractivity contribution < 1.29 is 9.59 Å². The molecule has 0 spiro atoms. The van der Waals surface area contributed by atoms with Crippen LogP contribution in [0.3, 0.4) is 0 Å². The van der Waals surface area contributed by atoms with Crippen molar-refractivity contribution in [2.45, 2.75) is 6.42 Å². The van der Waals surface area contributed by atoms with Crippen molar-refractivity contribution >= 4 is 22.6 Å². The number of piperidine rings is 1. The molecule has 0 radical (unpaired) electrons. The number of likely N-dealkylation sites (tertiary alicyclic amines) is 2. The fourth-order valence-electron chi connectivity index (χ4n) is 3.92. The summed E-state index contributed by atoms with van der Waals surface area (Å²) < 4.78 is 0. The number of nitrogens with zero attached hydrogens (tertiary/aromatic N) is 2. The molecule has 4 rings (SSSR count). The van der Waals surface area contributed by atoms with Crippen LogP contribution in [0.1, 0.15) is 16.8 Å². The largest absolute Gasteiger partial charge is 0.345 e. The highest BCUT2D eigenvalue weighted by Crippen LogP contribution is 2.32. The number of amides is 2. The topological polar surface area (TPSA) is 73.5 Å². The Kier molecular flexibility index (Phi) is 3.40. The number of aromatic nitrogens is 1. The van der Waals surface area contributed by atoms with E-state index in [1.807, 2.05) is 13.1 Å². The van der Waals surface area contributed by atoms with Gasteiger partial charge in [0.15, 0.2) is 0 Å². The molecule has 2 atom stereocenters. The first-order valence-corrected chi connectivity index (χ1v) is 8.21. The molecule has 6 heteroatoms. The van der Waals surface area contributed by atoms with E-state index in [-0.39, 0.29) is 29.2 Å². The molecule has 0 bridgehead atoms. The van der Waals surface area contributed by atoms with E-state index in [1.165, 1.54) is 6.20 Å². The van der Waals surface area contributed by atoms with E-state index in [0.29, 0.717) is 29.4 Å². The highest BCUT2D eigenvalue weighted by Gasteiger charge is 2.43. The Balaban J connectivity index is 1.67. The maximum atomic E-state index is 13.0. The van der Waals surface area contributed by atoms with E-state index in [2.05, 4.69) is 4.98 Å².